The van der Waals surface area contributed by atoms with E-state index in [1.165, 1.54) is 0 Å². The van der Waals surface area contributed by atoms with Crippen LogP contribution in [-0.2, 0) is 16.1 Å². The van der Waals surface area contributed by atoms with Crippen LogP contribution >= 0.6 is 0 Å². The summed E-state index contributed by atoms with van der Waals surface area (Å²) in [5.74, 6) is -0.290. The Balaban J connectivity index is 1.53. The smallest absolute Gasteiger partial charge is 0.228 e. The van der Waals surface area contributed by atoms with Gasteiger partial charge in [0.15, 0.2) is 0 Å². The van der Waals surface area contributed by atoms with Gasteiger partial charge in [-0.15, -0.1) is 0 Å². The van der Waals surface area contributed by atoms with Gasteiger partial charge in [-0.3, -0.25) is 14.6 Å². The first-order chi connectivity index (χ1) is 12.1. The molecular weight excluding hydrogens is 314 g/mol. The molecule has 3 rings (SSSR count). The van der Waals surface area contributed by atoms with Crippen LogP contribution in [0.4, 0.5) is 5.69 Å². The Bertz CT molecular complexity index is 759. The second-order valence-corrected chi connectivity index (χ2v) is 6.76. The fourth-order valence-electron chi connectivity index (χ4n) is 2.94. The van der Waals surface area contributed by atoms with Crippen LogP contribution in [0.3, 0.4) is 0 Å². The van der Waals surface area contributed by atoms with Crippen LogP contribution in [0.15, 0.2) is 48.8 Å². The number of hydrogen-bond acceptors (Lipinski definition) is 3. The average molecular weight is 337 g/mol. The second-order valence-electron chi connectivity index (χ2n) is 6.76. The standard InChI is InChI=1S/C20H23N3O2/c1-13(2)15-7-3-4-8-18(15)23-20(25)17-10-16(17)19(24)22-12-14-6-5-9-21-11-14/h3-9,11,13,16-17H,10,12H2,1-2H3,(H,22,24)(H,23,25). The maximum Gasteiger partial charge on any atom is 0.228 e. The van der Waals surface area contributed by atoms with Crippen molar-refractivity contribution in [3.05, 3.63) is 59.9 Å². The summed E-state index contributed by atoms with van der Waals surface area (Å²) in [5, 5.41) is 5.86. The first-order valence-electron chi connectivity index (χ1n) is 8.62. The van der Waals surface area contributed by atoms with Crippen LogP contribution in [-0.4, -0.2) is 16.8 Å². The molecule has 0 aliphatic heterocycles. The molecule has 130 valence electrons. The second kappa shape index (κ2) is 7.47. The van der Waals surface area contributed by atoms with Crippen LogP contribution in [0.25, 0.3) is 0 Å². The summed E-state index contributed by atoms with van der Waals surface area (Å²) in [6.07, 6.45) is 4.02. The van der Waals surface area contributed by atoms with E-state index < -0.39 is 0 Å². The highest BCUT2D eigenvalue weighted by Crippen LogP contribution is 2.40. The summed E-state index contributed by atoms with van der Waals surface area (Å²) in [7, 11) is 0. The zero-order valence-corrected chi connectivity index (χ0v) is 14.5. The Kier molecular flexibility index (Phi) is 5.12. The lowest BCUT2D eigenvalue weighted by atomic mass is 10.0. The fourth-order valence-corrected chi connectivity index (χ4v) is 2.94. The van der Waals surface area contributed by atoms with E-state index in [1.807, 2.05) is 36.4 Å². The molecule has 1 aliphatic carbocycles. The largest absolute Gasteiger partial charge is 0.352 e. The predicted molar refractivity (Wildman–Crippen MR) is 96.8 cm³/mol. The van der Waals surface area contributed by atoms with Crippen molar-refractivity contribution in [3.8, 4) is 0 Å². The molecule has 1 fully saturated rings. The van der Waals surface area contributed by atoms with E-state index in [1.54, 1.807) is 12.4 Å². The van der Waals surface area contributed by atoms with Gasteiger partial charge in [-0.1, -0.05) is 38.1 Å². The molecule has 5 nitrogen and oxygen atoms in total. The first kappa shape index (κ1) is 17.1. The minimum atomic E-state index is -0.242. The third-order valence-electron chi connectivity index (χ3n) is 4.49. The molecule has 2 atom stereocenters. The Morgan fingerprint density at radius 2 is 1.88 bits per heavy atom. The van der Waals surface area contributed by atoms with Gasteiger partial charge in [-0.2, -0.15) is 0 Å². The molecular formula is C20H23N3O2. The van der Waals surface area contributed by atoms with Crippen molar-refractivity contribution in [1.29, 1.82) is 0 Å². The monoisotopic (exact) mass is 337 g/mol. The van der Waals surface area contributed by atoms with Gasteiger partial charge < -0.3 is 10.6 Å². The minimum absolute atomic E-state index is 0.0684. The number of nitrogens with zero attached hydrogens (tertiary/aromatic N) is 1. The van der Waals surface area contributed by atoms with E-state index in [0.29, 0.717) is 18.9 Å². The number of benzene rings is 1. The zero-order chi connectivity index (χ0) is 17.8. The summed E-state index contributed by atoms with van der Waals surface area (Å²) in [4.78, 5) is 28.7. The minimum Gasteiger partial charge on any atom is -0.352 e. The molecule has 0 spiro atoms. The summed E-state index contributed by atoms with van der Waals surface area (Å²) >= 11 is 0. The predicted octanol–water partition coefficient (Wildman–Crippen LogP) is 3.10. The van der Waals surface area contributed by atoms with Crippen molar-refractivity contribution < 1.29 is 9.59 Å². The van der Waals surface area contributed by atoms with Gasteiger partial charge in [0.1, 0.15) is 0 Å². The van der Waals surface area contributed by atoms with Gasteiger partial charge in [-0.25, -0.2) is 0 Å². The maximum atomic E-state index is 12.4. The first-order valence-corrected chi connectivity index (χ1v) is 8.62. The van der Waals surface area contributed by atoms with Crippen LogP contribution in [0.2, 0.25) is 0 Å². The van der Waals surface area contributed by atoms with Crippen molar-refractivity contribution >= 4 is 17.5 Å². The van der Waals surface area contributed by atoms with E-state index in [0.717, 1.165) is 16.8 Å². The number of anilines is 1. The Morgan fingerprint density at radius 1 is 1.12 bits per heavy atom. The summed E-state index contributed by atoms with van der Waals surface area (Å²) in [6.45, 7) is 4.63. The van der Waals surface area contributed by atoms with Crippen molar-refractivity contribution in [3.63, 3.8) is 0 Å². The van der Waals surface area contributed by atoms with Crippen molar-refractivity contribution in [2.75, 3.05) is 5.32 Å². The number of hydrogen-bond donors (Lipinski definition) is 2. The molecule has 1 aromatic carbocycles. The topological polar surface area (TPSA) is 71.1 Å². The van der Waals surface area contributed by atoms with Gasteiger partial charge >= 0.3 is 0 Å². The molecule has 1 saturated carbocycles. The van der Waals surface area contributed by atoms with Gasteiger partial charge in [0.25, 0.3) is 0 Å². The molecule has 0 bridgehead atoms. The molecule has 1 heterocycles. The molecule has 1 aliphatic rings. The van der Waals surface area contributed by atoms with Crippen LogP contribution < -0.4 is 10.6 Å². The number of para-hydroxylation sites is 1. The molecule has 2 unspecified atom stereocenters. The van der Waals surface area contributed by atoms with Gasteiger partial charge in [0.05, 0.1) is 11.8 Å². The lowest BCUT2D eigenvalue weighted by Gasteiger charge is -2.13. The molecule has 0 radical (unpaired) electrons. The number of carbonyl (C=O) groups is 2. The van der Waals surface area contributed by atoms with Gasteiger partial charge in [0.2, 0.25) is 11.8 Å². The zero-order valence-electron chi connectivity index (χ0n) is 14.5. The molecule has 2 aromatic rings. The van der Waals surface area contributed by atoms with Gasteiger partial charge in [-0.05, 0) is 35.6 Å². The average Bonchev–Trinajstić information content (AvgIpc) is 3.42. The fraction of sp³-hybridized carbons (Fsp3) is 0.350. The lowest BCUT2D eigenvalue weighted by Crippen LogP contribution is -2.27. The number of aromatic nitrogens is 1. The highest BCUT2D eigenvalue weighted by atomic mass is 16.2. The quantitative estimate of drug-likeness (QED) is 0.851. The van der Waals surface area contributed by atoms with Crippen molar-refractivity contribution in [2.45, 2.75) is 32.7 Å². The number of pyridine rings is 1. The highest BCUT2D eigenvalue weighted by molar-refractivity contribution is 5.99. The highest BCUT2D eigenvalue weighted by Gasteiger charge is 2.48. The van der Waals surface area contributed by atoms with Crippen LogP contribution in [0, 0.1) is 11.8 Å². The van der Waals surface area contributed by atoms with Gasteiger partial charge in [0, 0.05) is 24.6 Å². The maximum absolute atomic E-state index is 12.4. The number of carbonyl (C=O) groups excluding carboxylic acids is 2. The normalized spacial score (nSPS) is 18.7. The Labute approximate surface area is 147 Å². The Hall–Kier alpha value is -2.69. The summed E-state index contributed by atoms with van der Waals surface area (Å²) in [5.41, 5.74) is 2.89. The molecule has 25 heavy (non-hydrogen) atoms. The third kappa shape index (κ3) is 4.24. The molecule has 1 aromatic heterocycles. The number of nitrogens with one attached hydrogen (secondary N) is 2. The van der Waals surface area contributed by atoms with Crippen molar-refractivity contribution in [2.24, 2.45) is 11.8 Å². The SMILES string of the molecule is CC(C)c1ccccc1NC(=O)C1CC1C(=O)NCc1cccnc1. The molecule has 2 amide bonds. The van der Waals surface area contributed by atoms with Crippen LogP contribution in [0.5, 0.6) is 0 Å². The summed E-state index contributed by atoms with van der Waals surface area (Å²) in [6, 6.07) is 11.6. The molecule has 5 heteroatoms. The van der Waals surface area contributed by atoms with Crippen LogP contribution in [0.1, 0.15) is 37.3 Å². The Morgan fingerprint density at radius 3 is 2.60 bits per heavy atom. The van der Waals surface area contributed by atoms with E-state index in [2.05, 4.69) is 29.5 Å². The van der Waals surface area contributed by atoms with Crippen molar-refractivity contribution in [1.82, 2.24) is 10.3 Å². The lowest BCUT2D eigenvalue weighted by molar-refractivity contribution is -0.125. The number of amides is 2. The molecule has 0 saturated heterocycles. The third-order valence-corrected chi connectivity index (χ3v) is 4.49. The number of rotatable bonds is 6. The molecule has 2 N–H and O–H groups in total. The summed E-state index contributed by atoms with van der Waals surface area (Å²) < 4.78 is 0. The van der Waals surface area contributed by atoms with E-state index in [9.17, 15) is 9.59 Å². The van der Waals surface area contributed by atoms with E-state index in [-0.39, 0.29) is 23.7 Å². The van der Waals surface area contributed by atoms with E-state index >= 15 is 0 Å². The van der Waals surface area contributed by atoms with E-state index in [4.69, 9.17) is 0 Å².